The van der Waals surface area contributed by atoms with E-state index in [-0.39, 0.29) is 0 Å². The summed E-state index contributed by atoms with van der Waals surface area (Å²) in [5, 5.41) is 17.0. The molecule has 3 aromatic heterocycles. The molecule has 1 aromatic carbocycles. The van der Waals surface area contributed by atoms with E-state index in [0.29, 0.717) is 11.2 Å². The van der Waals surface area contributed by atoms with Gasteiger partial charge in [-0.15, -0.1) is 0 Å². The van der Waals surface area contributed by atoms with Crippen molar-refractivity contribution in [2.24, 2.45) is 0 Å². The van der Waals surface area contributed by atoms with Crippen LogP contribution < -0.4 is 0 Å². The highest BCUT2D eigenvalue weighted by Gasteiger charge is 2.12. The van der Waals surface area contributed by atoms with Crippen molar-refractivity contribution in [2.75, 3.05) is 0 Å². The van der Waals surface area contributed by atoms with Crippen molar-refractivity contribution in [1.82, 2.24) is 15.2 Å². The van der Waals surface area contributed by atoms with Gasteiger partial charge in [-0.3, -0.25) is 5.10 Å². The second kappa shape index (κ2) is 5.11. The number of fused-ring (bicyclic) bond motifs is 1. The van der Waals surface area contributed by atoms with Crippen LogP contribution in [0.1, 0.15) is 11.3 Å². The van der Waals surface area contributed by atoms with E-state index in [9.17, 15) is 0 Å². The number of hydrogen-bond donors (Lipinski definition) is 1. The van der Waals surface area contributed by atoms with E-state index in [2.05, 4.69) is 21.3 Å². The first-order chi connectivity index (χ1) is 11.2. The molecule has 0 saturated heterocycles. The highest BCUT2D eigenvalue weighted by molar-refractivity contribution is 5.90. The number of benzene rings is 1. The fourth-order valence-corrected chi connectivity index (χ4v) is 2.53. The smallest absolute Gasteiger partial charge is 0.182 e. The van der Waals surface area contributed by atoms with Crippen LogP contribution in [0.4, 0.5) is 0 Å². The van der Waals surface area contributed by atoms with Crippen molar-refractivity contribution < 1.29 is 4.42 Å². The summed E-state index contributed by atoms with van der Waals surface area (Å²) in [5.74, 6) is 1.60. The zero-order valence-corrected chi connectivity index (χ0v) is 12.4. The lowest BCUT2D eigenvalue weighted by Gasteiger charge is -2.01. The summed E-state index contributed by atoms with van der Waals surface area (Å²) in [6.07, 6.45) is 0. The number of nitrogens with one attached hydrogen (secondary N) is 1. The second-order valence-corrected chi connectivity index (χ2v) is 5.27. The Balaban J connectivity index is 1.78. The zero-order valence-electron chi connectivity index (χ0n) is 12.4. The normalized spacial score (nSPS) is 10.8. The fraction of sp³-hybridized carbons (Fsp3) is 0.0556. The van der Waals surface area contributed by atoms with E-state index in [1.807, 2.05) is 43.3 Å². The molecule has 23 heavy (non-hydrogen) atoms. The van der Waals surface area contributed by atoms with Gasteiger partial charge in [0.2, 0.25) is 0 Å². The quantitative estimate of drug-likeness (QED) is 0.605. The van der Waals surface area contributed by atoms with E-state index in [1.165, 1.54) is 0 Å². The molecule has 3 heterocycles. The summed E-state index contributed by atoms with van der Waals surface area (Å²) in [6.45, 7) is 1.91. The number of aromatic nitrogens is 3. The van der Waals surface area contributed by atoms with Gasteiger partial charge in [0.15, 0.2) is 11.4 Å². The highest BCUT2D eigenvalue weighted by atomic mass is 16.3. The summed E-state index contributed by atoms with van der Waals surface area (Å²) >= 11 is 0. The number of pyridine rings is 1. The van der Waals surface area contributed by atoms with Crippen LogP contribution >= 0.6 is 0 Å². The number of nitrogens with zero attached hydrogens (tertiary/aromatic N) is 3. The molecule has 1 N–H and O–H groups in total. The molecule has 5 nitrogen and oxygen atoms in total. The third-order valence-electron chi connectivity index (χ3n) is 3.71. The number of aromatic amines is 1. The molecule has 0 saturated carbocycles. The van der Waals surface area contributed by atoms with Crippen LogP contribution in [0.5, 0.6) is 0 Å². The van der Waals surface area contributed by atoms with Gasteiger partial charge in [0.25, 0.3) is 0 Å². The Morgan fingerprint density at radius 2 is 1.87 bits per heavy atom. The van der Waals surface area contributed by atoms with Crippen molar-refractivity contribution in [1.29, 1.82) is 5.26 Å². The molecule has 4 aromatic rings. The maximum absolute atomic E-state index is 8.86. The fourth-order valence-electron chi connectivity index (χ4n) is 2.53. The summed E-state index contributed by atoms with van der Waals surface area (Å²) in [4.78, 5) is 4.59. The van der Waals surface area contributed by atoms with Crippen molar-refractivity contribution in [3.05, 3.63) is 59.9 Å². The zero-order chi connectivity index (χ0) is 15.8. The predicted molar refractivity (Wildman–Crippen MR) is 86.5 cm³/mol. The van der Waals surface area contributed by atoms with Gasteiger partial charge in [0.1, 0.15) is 11.5 Å². The highest BCUT2D eigenvalue weighted by Crippen LogP contribution is 2.28. The largest absolute Gasteiger partial charge is 0.460 e. The molecule has 0 bridgehead atoms. The lowest BCUT2D eigenvalue weighted by Crippen LogP contribution is -1.85. The van der Waals surface area contributed by atoms with E-state index >= 15 is 0 Å². The number of hydrogen-bond acceptors (Lipinski definition) is 4. The van der Waals surface area contributed by atoms with Gasteiger partial charge >= 0.3 is 0 Å². The summed E-state index contributed by atoms with van der Waals surface area (Å²) in [6, 6.07) is 17.2. The van der Waals surface area contributed by atoms with Gasteiger partial charge in [0.05, 0.1) is 17.3 Å². The van der Waals surface area contributed by atoms with Crippen molar-refractivity contribution >= 4 is 11.0 Å². The Hall–Kier alpha value is -3.39. The van der Waals surface area contributed by atoms with E-state index in [0.717, 1.165) is 33.9 Å². The monoisotopic (exact) mass is 300 g/mol. The van der Waals surface area contributed by atoms with Gasteiger partial charge in [-0.05, 0) is 43.3 Å². The minimum atomic E-state index is 0.630. The third-order valence-corrected chi connectivity index (χ3v) is 3.71. The van der Waals surface area contributed by atoms with Gasteiger partial charge in [-0.2, -0.15) is 10.4 Å². The topological polar surface area (TPSA) is 78.5 Å². The summed E-state index contributed by atoms with van der Waals surface area (Å²) < 4.78 is 5.65. The van der Waals surface area contributed by atoms with Crippen molar-refractivity contribution in [3.8, 4) is 28.8 Å². The molecule has 0 aliphatic heterocycles. The van der Waals surface area contributed by atoms with Gasteiger partial charge in [-0.1, -0.05) is 12.1 Å². The van der Waals surface area contributed by atoms with Gasteiger partial charge in [0, 0.05) is 10.9 Å². The van der Waals surface area contributed by atoms with E-state index in [4.69, 9.17) is 9.68 Å². The molecule has 0 unspecified atom stereocenters. The Morgan fingerprint density at radius 3 is 2.57 bits per heavy atom. The molecule has 5 heteroatoms. The molecular formula is C18H12N4O. The molecule has 0 fully saturated rings. The minimum Gasteiger partial charge on any atom is -0.460 e. The van der Waals surface area contributed by atoms with Gasteiger partial charge < -0.3 is 4.42 Å². The van der Waals surface area contributed by atoms with Gasteiger partial charge in [-0.25, -0.2) is 4.98 Å². The number of nitriles is 1. The molecule has 0 radical (unpaired) electrons. The summed E-state index contributed by atoms with van der Waals surface area (Å²) in [5.41, 5.74) is 3.85. The SMILES string of the molecule is Cc1ccc(-c2[nH]nc3nc(-c4ccc(C#N)cc4)ccc23)o1. The first-order valence-electron chi connectivity index (χ1n) is 7.17. The molecule has 110 valence electrons. The molecule has 0 aliphatic carbocycles. The molecule has 0 amide bonds. The van der Waals surface area contributed by atoms with Crippen LogP contribution in [-0.2, 0) is 0 Å². The molecular weight excluding hydrogens is 288 g/mol. The van der Waals surface area contributed by atoms with E-state index < -0.39 is 0 Å². The van der Waals surface area contributed by atoms with Crippen LogP contribution in [-0.4, -0.2) is 15.2 Å². The third kappa shape index (κ3) is 2.27. The minimum absolute atomic E-state index is 0.630. The van der Waals surface area contributed by atoms with Crippen molar-refractivity contribution in [2.45, 2.75) is 6.92 Å². The standard InChI is InChI=1S/C18H12N4O/c1-11-2-9-16(23-11)17-14-7-8-15(20-18(14)22-21-17)13-5-3-12(10-19)4-6-13/h2-9H,1H3,(H,20,21,22). The lowest BCUT2D eigenvalue weighted by atomic mass is 10.1. The Morgan fingerprint density at radius 1 is 1.04 bits per heavy atom. The molecule has 0 atom stereocenters. The van der Waals surface area contributed by atoms with E-state index in [1.54, 1.807) is 12.1 Å². The Labute approximate surface area is 132 Å². The summed E-state index contributed by atoms with van der Waals surface area (Å²) in [7, 11) is 0. The van der Waals surface area contributed by atoms with Crippen LogP contribution in [0.2, 0.25) is 0 Å². The lowest BCUT2D eigenvalue weighted by molar-refractivity contribution is 0.546. The average molecular weight is 300 g/mol. The Kier molecular flexibility index (Phi) is 2.95. The second-order valence-electron chi connectivity index (χ2n) is 5.27. The number of furan rings is 1. The predicted octanol–water partition coefficient (Wildman–Crippen LogP) is 4.07. The average Bonchev–Trinajstić information content (AvgIpc) is 3.20. The number of rotatable bonds is 2. The molecule has 0 spiro atoms. The first kappa shape index (κ1) is 13.3. The number of H-pyrrole nitrogens is 1. The number of aryl methyl sites for hydroxylation is 1. The molecule has 0 aliphatic rings. The Bertz CT molecular complexity index is 1040. The maximum Gasteiger partial charge on any atom is 0.182 e. The maximum atomic E-state index is 8.86. The van der Waals surface area contributed by atoms with Crippen LogP contribution in [0.25, 0.3) is 33.7 Å². The first-order valence-corrected chi connectivity index (χ1v) is 7.17. The van der Waals surface area contributed by atoms with Crippen LogP contribution in [0, 0.1) is 18.3 Å². The van der Waals surface area contributed by atoms with Crippen molar-refractivity contribution in [3.63, 3.8) is 0 Å². The van der Waals surface area contributed by atoms with Crippen LogP contribution in [0.15, 0.2) is 52.9 Å². The van der Waals surface area contributed by atoms with Crippen LogP contribution in [0.3, 0.4) is 0 Å². The molecule has 4 rings (SSSR count).